The Kier molecular flexibility index (Phi) is 6.81. The van der Waals surface area contributed by atoms with E-state index in [0.717, 1.165) is 25.7 Å². The summed E-state index contributed by atoms with van der Waals surface area (Å²) in [4.78, 5) is 37.6. The van der Waals surface area contributed by atoms with E-state index in [0.29, 0.717) is 18.8 Å². The summed E-state index contributed by atoms with van der Waals surface area (Å²) < 4.78 is 1.45. The molecule has 1 saturated heterocycles. The van der Waals surface area contributed by atoms with E-state index in [1.807, 2.05) is 6.92 Å². The van der Waals surface area contributed by atoms with E-state index >= 15 is 0 Å². The van der Waals surface area contributed by atoms with Crippen LogP contribution >= 0.6 is 0 Å². The van der Waals surface area contributed by atoms with Gasteiger partial charge in [-0.05, 0) is 38.3 Å². The van der Waals surface area contributed by atoms with Gasteiger partial charge in [-0.15, -0.1) is 0 Å². The minimum absolute atomic E-state index is 0.00410. The molecule has 2 aromatic rings. The molecule has 1 aliphatic rings. The summed E-state index contributed by atoms with van der Waals surface area (Å²) in [5, 5.41) is 18.3. The zero-order valence-corrected chi connectivity index (χ0v) is 17.3. The molecular formula is C21H27N5O4. The van der Waals surface area contributed by atoms with Gasteiger partial charge >= 0.3 is 0 Å². The lowest BCUT2D eigenvalue weighted by Gasteiger charge is -2.32. The molecule has 2 amide bonds. The van der Waals surface area contributed by atoms with Gasteiger partial charge in [-0.25, -0.2) is 4.68 Å². The third kappa shape index (κ3) is 5.03. The molecule has 0 spiro atoms. The largest absolute Gasteiger partial charge is 0.353 e. The van der Waals surface area contributed by atoms with Crippen molar-refractivity contribution >= 4 is 17.5 Å². The SMILES string of the molecule is CCC[C@H](C)NC(=O)[C@H]1CCCN(C(=O)c2ccn(-c3cccc([N+](=O)[O-])c3)n2)C1. The smallest absolute Gasteiger partial charge is 0.274 e. The first kappa shape index (κ1) is 21.5. The summed E-state index contributed by atoms with van der Waals surface area (Å²) in [7, 11) is 0. The highest BCUT2D eigenvalue weighted by Gasteiger charge is 2.30. The van der Waals surface area contributed by atoms with Crippen LogP contribution in [0, 0.1) is 16.0 Å². The van der Waals surface area contributed by atoms with Gasteiger partial charge in [0.15, 0.2) is 5.69 Å². The summed E-state index contributed by atoms with van der Waals surface area (Å²) in [6, 6.07) is 7.78. The van der Waals surface area contributed by atoms with Crippen molar-refractivity contribution in [2.24, 2.45) is 5.92 Å². The predicted octanol–water partition coefficient (Wildman–Crippen LogP) is 2.94. The minimum atomic E-state index is -0.473. The van der Waals surface area contributed by atoms with Crippen LogP contribution in [0.3, 0.4) is 0 Å². The Morgan fingerprint density at radius 1 is 1.37 bits per heavy atom. The number of nitrogens with one attached hydrogen (secondary N) is 1. The van der Waals surface area contributed by atoms with Crippen LogP contribution in [0.15, 0.2) is 36.5 Å². The van der Waals surface area contributed by atoms with Gasteiger partial charge in [0.1, 0.15) is 0 Å². The fourth-order valence-corrected chi connectivity index (χ4v) is 3.73. The van der Waals surface area contributed by atoms with Crippen LogP contribution in [0.25, 0.3) is 5.69 Å². The van der Waals surface area contributed by atoms with Crippen molar-refractivity contribution in [3.8, 4) is 5.69 Å². The molecule has 0 saturated carbocycles. The second kappa shape index (κ2) is 9.51. The molecule has 2 heterocycles. The van der Waals surface area contributed by atoms with E-state index in [9.17, 15) is 19.7 Å². The van der Waals surface area contributed by atoms with Crippen molar-refractivity contribution in [3.05, 3.63) is 52.3 Å². The number of aromatic nitrogens is 2. The van der Waals surface area contributed by atoms with Gasteiger partial charge in [-0.2, -0.15) is 5.10 Å². The van der Waals surface area contributed by atoms with E-state index in [2.05, 4.69) is 17.3 Å². The number of nitrogens with zero attached hydrogens (tertiary/aromatic N) is 4. The Balaban J connectivity index is 1.67. The Labute approximate surface area is 175 Å². The van der Waals surface area contributed by atoms with Crippen molar-refractivity contribution in [1.82, 2.24) is 20.0 Å². The highest BCUT2D eigenvalue weighted by molar-refractivity contribution is 5.93. The molecule has 9 heteroatoms. The van der Waals surface area contributed by atoms with Gasteiger partial charge in [-0.1, -0.05) is 19.4 Å². The van der Waals surface area contributed by atoms with Crippen molar-refractivity contribution in [2.75, 3.05) is 13.1 Å². The number of amides is 2. The molecule has 2 atom stereocenters. The molecular weight excluding hydrogens is 386 g/mol. The van der Waals surface area contributed by atoms with Crippen molar-refractivity contribution in [1.29, 1.82) is 0 Å². The van der Waals surface area contributed by atoms with Gasteiger partial charge in [0.2, 0.25) is 5.91 Å². The summed E-state index contributed by atoms with van der Waals surface area (Å²) in [5.41, 5.74) is 0.712. The average Bonchev–Trinajstić information content (AvgIpc) is 3.24. The standard InChI is InChI=1S/C21H27N5O4/c1-3-6-15(2)22-20(27)16-7-5-11-24(14-16)21(28)19-10-12-25(23-19)17-8-4-9-18(13-17)26(29)30/h4,8-10,12-13,15-16H,3,5-7,11,14H2,1-2H3,(H,22,27)/t15-,16-/m0/s1. The maximum atomic E-state index is 12.9. The van der Waals surface area contributed by atoms with Crippen LogP contribution in [0.4, 0.5) is 5.69 Å². The first-order valence-corrected chi connectivity index (χ1v) is 10.3. The number of nitro benzene ring substituents is 1. The second-order valence-electron chi connectivity index (χ2n) is 7.71. The van der Waals surface area contributed by atoms with E-state index in [1.54, 1.807) is 29.3 Å². The van der Waals surface area contributed by atoms with Gasteiger partial charge in [-0.3, -0.25) is 19.7 Å². The third-order valence-corrected chi connectivity index (χ3v) is 5.30. The van der Waals surface area contributed by atoms with Crippen molar-refractivity contribution < 1.29 is 14.5 Å². The number of likely N-dealkylation sites (tertiary alicyclic amines) is 1. The molecule has 1 fully saturated rings. The summed E-state index contributed by atoms with van der Waals surface area (Å²) in [6.45, 7) is 5.02. The highest BCUT2D eigenvalue weighted by Crippen LogP contribution is 2.20. The fourth-order valence-electron chi connectivity index (χ4n) is 3.73. The van der Waals surface area contributed by atoms with Crippen molar-refractivity contribution in [2.45, 2.75) is 45.6 Å². The Morgan fingerprint density at radius 3 is 2.90 bits per heavy atom. The predicted molar refractivity (Wildman–Crippen MR) is 111 cm³/mol. The molecule has 0 bridgehead atoms. The van der Waals surface area contributed by atoms with E-state index < -0.39 is 4.92 Å². The van der Waals surface area contributed by atoms with Crippen LogP contribution in [0.5, 0.6) is 0 Å². The number of rotatable bonds is 7. The Morgan fingerprint density at radius 2 is 2.17 bits per heavy atom. The van der Waals surface area contributed by atoms with Gasteiger partial charge in [0.25, 0.3) is 11.6 Å². The van der Waals surface area contributed by atoms with Gasteiger partial charge in [0, 0.05) is 37.5 Å². The molecule has 0 aliphatic carbocycles. The number of non-ortho nitro benzene ring substituents is 1. The molecule has 1 N–H and O–H groups in total. The molecule has 30 heavy (non-hydrogen) atoms. The Bertz CT molecular complexity index is 926. The molecule has 9 nitrogen and oxygen atoms in total. The number of carbonyl (C=O) groups is 2. The third-order valence-electron chi connectivity index (χ3n) is 5.30. The normalized spacial score (nSPS) is 17.4. The zero-order chi connectivity index (χ0) is 21.7. The number of piperidine rings is 1. The van der Waals surface area contributed by atoms with E-state index in [1.165, 1.54) is 16.8 Å². The number of hydrogen-bond acceptors (Lipinski definition) is 5. The maximum Gasteiger partial charge on any atom is 0.274 e. The fraction of sp³-hybridized carbons (Fsp3) is 0.476. The first-order chi connectivity index (χ1) is 14.4. The number of carbonyl (C=O) groups excluding carboxylic acids is 2. The molecule has 160 valence electrons. The lowest BCUT2D eigenvalue weighted by molar-refractivity contribution is -0.384. The molecule has 1 aromatic heterocycles. The number of hydrogen-bond donors (Lipinski definition) is 1. The maximum absolute atomic E-state index is 12.9. The summed E-state index contributed by atoms with van der Waals surface area (Å²) in [6.07, 6.45) is 5.06. The zero-order valence-electron chi connectivity index (χ0n) is 17.3. The molecule has 3 rings (SSSR count). The first-order valence-electron chi connectivity index (χ1n) is 10.3. The number of nitro groups is 1. The quantitative estimate of drug-likeness (QED) is 0.554. The minimum Gasteiger partial charge on any atom is -0.353 e. The lowest BCUT2D eigenvalue weighted by atomic mass is 9.96. The molecule has 1 aliphatic heterocycles. The second-order valence-corrected chi connectivity index (χ2v) is 7.71. The number of benzene rings is 1. The molecule has 1 aromatic carbocycles. The molecule has 0 unspecified atom stereocenters. The average molecular weight is 413 g/mol. The lowest BCUT2D eigenvalue weighted by Crippen LogP contribution is -2.47. The van der Waals surface area contributed by atoms with Crippen LogP contribution in [-0.2, 0) is 4.79 Å². The van der Waals surface area contributed by atoms with Crippen molar-refractivity contribution in [3.63, 3.8) is 0 Å². The summed E-state index contributed by atoms with van der Waals surface area (Å²) >= 11 is 0. The molecule has 0 radical (unpaired) electrons. The van der Waals surface area contributed by atoms with Crippen LogP contribution in [-0.4, -0.2) is 50.5 Å². The Hall–Kier alpha value is -3.23. The van der Waals surface area contributed by atoms with Crippen LogP contribution < -0.4 is 5.32 Å². The van der Waals surface area contributed by atoms with E-state index in [4.69, 9.17) is 0 Å². The summed E-state index contributed by atoms with van der Waals surface area (Å²) in [5.74, 6) is -0.463. The van der Waals surface area contributed by atoms with E-state index in [-0.39, 0.29) is 35.2 Å². The highest BCUT2D eigenvalue weighted by atomic mass is 16.6. The monoisotopic (exact) mass is 413 g/mol. The topological polar surface area (TPSA) is 110 Å². The van der Waals surface area contributed by atoms with Crippen LogP contribution in [0.1, 0.15) is 50.0 Å². The van der Waals surface area contributed by atoms with Crippen LogP contribution in [0.2, 0.25) is 0 Å². The van der Waals surface area contributed by atoms with Gasteiger partial charge < -0.3 is 10.2 Å². The van der Waals surface area contributed by atoms with Gasteiger partial charge in [0.05, 0.1) is 16.5 Å².